The van der Waals surface area contributed by atoms with Gasteiger partial charge in [0.05, 0.1) is 25.4 Å². The van der Waals surface area contributed by atoms with Crippen molar-refractivity contribution in [2.45, 2.75) is 39.9 Å². The number of ether oxygens (including phenoxy) is 1. The summed E-state index contributed by atoms with van der Waals surface area (Å²) in [4.78, 5) is 0. The van der Waals surface area contributed by atoms with Crippen LogP contribution in [0.5, 0.6) is 0 Å². The first-order chi connectivity index (χ1) is 7.91. The second kappa shape index (κ2) is 7.43. The van der Waals surface area contributed by atoms with Gasteiger partial charge in [-0.15, -0.1) is 0 Å². The molecule has 1 heterocycles. The summed E-state index contributed by atoms with van der Waals surface area (Å²) in [5.41, 5.74) is -2.28. The van der Waals surface area contributed by atoms with Gasteiger partial charge in [0.15, 0.2) is 0 Å². The maximum Gasteiger partial charge on any atom is 0.263 e. The molecule has 0 spiro atoms. The smallest absolute Gasteiger partial charge is 0.263 e. The summed E-state index contributed by atoms with van der Waals surface area (Å²) in [5.74, 6) is 0. The average molecular weight is 299 g/mol. The number of hydrogen-bond acceptors (Lipinski definition) is 6. The summed E-state index contributed by atoms with van der Waals surface area (Å²) in [7, 11) is 0. The highest BCUT2D eigenvalue weighted by Gasteiger charge is 2.28. The van der Waals surface area contributed by atoms with Crippen molar-refractivity contribution < 1.29 is 13.8 Å². The van der Waals surface area contributed by atoms with E-state index >= 15 is 0 Å². The standard InChI is InChI=1S/C10H22NO3PS2/c1-9(2)13-15(16,14-10(3)4)17-11-5-7-12-8-6-11/h9-10H,5-8H2,1-4H3. The fourth-order valence-corrected chi connectivity index (χ4v) is 7.59. The predicted octanol–water partition coefficient (Wildman–Crippen LogP) is 3.04. The van der Waals surface area contributed by atoms with Gasteiger partial charge in [0.1, 0.15) is 0 Å². The van der Waals surface area contributed by atoms with E-state index < -0.39 is 5.69 Å². The van der Waals surface area contributed by atoms with E-state index in [1.807, 2.05) is 27.7 Å². The third kappa shape index (κ3) is 6.53. The molecule has 102 valence electrons. The Morgan fingerprint density at radius 2 is 1.59 bits per heavy atom. The van der Waals surface area contributed by atoms with Crippen LogP contribution in [0, 0.1) is 0 Å². The van der Waals surface area contributed by atoms with Gasteiger partial charge in [-0.25, -0.2) is 4.31 Å². The number of hydrogen-bond donors (Lipinski definition) is 0. The van der Waals surface area contributed by atoms with E-state index in [-0.39, 0.29) is 12.2 Å². The van der Waals surface area contributed by atoms with Gasteiger partial charge in [-0.2, -0.15) is 0 Å². The number of morpholine rings is 1. The van der Waals surface area contributed by atoms with Crippen LogP contribution < -0.4 is 0 Å². The van der Waals surface area contributed by atoms with Crippen LogP contribution in [0.15, 0.2) is 0 Å². The molecular formula is C10H22NO3PS2. The molecule has 1 aliphatic rings. The van der Waals surface area contributed by atoms with Crippen molar-refractivity contribution in [3.8, 4) is 0 Å². The molecule has 1 fully saturated rings. The predicted molar refractivity (Wildman–Crippen MR) is 76.7 cm³/mol. The van der Waals surface area contributed by atoms with Crippen LogP contribution in [0.4, 0.5) is 0 Å². The largest absolute Gasteiger partial charge is 0.379 e. The number of nitrogens with zero attached hydrogens (tertiary/aromatic N) is 1. The highest BCUT2D eigenvalue weighted by atomic mass is 32.9. The summed E-state index contributed by atoms with van der Waals surface area (Å²) < 4.78 is 19.2. The Morgan fingerprint density at radius 1 is 1.12 bits per heavy atom. The van der Waals surface area contributed by atoms with Gasteiger partial charge in [0.25, 0.3) is 5.69 Å². The fraction of sp³-hybridized carbons (Fsp3) is 1.00. The average Bonchev–Trinajstić information content (AvgIpc) is 2.15. The maximum absolute atomic E-state index is 5.84. The Hall–Kier alpha value is 0.840. The normalized spacial score (nSPS) is 19.2. The Labute approximate surface area is 113 Å². The van der Waals surface area contributed by atoms with E-state index in [2.05, 4.69) is 4.31 Å². The molecule has 0 unspecified atom stereocenters. The van der Waals surface area contributed by atoms with Crippen molar-refractivity contribution in [1.29, 1.82) is 0 Å². The molecule has 17 heavy (non-hydrogen) atoms. The van der Waals surface area contributed by atoms with E-state index in [1.54, 1.807) is 11.6 Å². The molecule has 0 radical (unpaired) electrons. The second-order valence-corrected chi connectivity index (χ2v) is 10.4. The lowest BCUT2D eigenvalue weighted by Gasteiger charge is -2.32. The van der Waals surface area contributed by atoms with Crippen LogP contribution >= 0.6 is 17.3 Å². The van der Waals surface area contributed by atoms with Gasteiger partial charge in [-0.3, -0.25) is 0 Å². The molecule has 0 atom stereocenters. The molecule has 0 saturated carbocycles. The number of rotatable bonds is 6. The van der Waals surface area contributed by atoms with Crippen molar-refractivity contribution in [2.24, 2.45) is 0 Å². The van der Waals surface area contributed by atoms with Gasteiger partial charge < -0.3 is 13.8 Å². The Kier molecular flexibility index (Phi) is 6.95. The van der Waals surface area contributed by atoms with Crippen LogP contribution in [0.2, 0.25) is 0 Å². The monoisotopic (exact) mass is 299 g/mol. The summed E-state index contributed by atoms with van der Waals surface area (Å²) in [6.45, 7) is 11.2. The molecule has 0 aromatic carbocycles. The zero-order valence-corrected chi connectivity index (χ0v) is 13.4. The SMILES string of the molecule is CC(C)OP(=S)(OC(C)C)SN1CCOCC1. The van der Waals surface area contributed by atoms with Gasteiger partial charge in [0.2, 0.25) is 0 Å². The quantitative estimate of drug-likeness (QED) is 0.553. The molecule has 1 saturated heterocycles. The molecule has 0 N–H and O–H groups in total. The third-order valence-electron chi connectivity index (χ3n) is 1.87. The maximum atomic E-state index is 5.84. The summed E-state index contributed by atoms with van der Waals surface area (Å²) in [6, 6.07) is 0. The lowest BCUT2D eigenvalue weighted by Crippen LogP contribution is -2.31. The molecule has 4 nitrogen and oxygen atoms in total. The van der Waals surface area contributed by atoms with Crippen LogP contribution in [-0.2, 0) is 25.6 Å². The molecule has 1 aliphatic heterocycles. The minimum atomic E-state index is -2.28. The Balaban J connectivity index is 2.58. The Bertz CT molecular complexity index is 256. The third-order valence-corrected chi connectivity index (χ3v) is 6.95. The molecule has 1 rings (SSSR count). The van der Waals surface area contributed by atoms with E-state index in [0.717, 1.165) is 26.3 Å². The van der Waals surface area contributed by atoms with Crippen LogP contribution in [0.25, 0.3) is 0 Å². The minimum absolute atomic E-state index is 0.0909. The van der Waals surface area contributed by atoms with Crippen molar-refractivity contribution in [1.82, 2.24) is 4.31 Å². The van der Waals surface area contributed by atoms with Gasteiger partial charge in [0, 0.05) is 24.7 Å². The zero-order chi connectivity index (χ0) is 12.9. The first kappa shape index (κ1) is 15.9. The molecular weight excluding hydrogens is 277 g/mol. The lowest BCUT2D eigenvalue weighted by atomic mass is 10.5. The second-order valence-electron chi connectivity index (χ2n) is 4.38. The van der Waals surface area contributed by atoms with Gasteiger partial charge in [-0.05, 0) is 39.5 Å². The lowest BCUT2D eigenvalue weighted by molar-refractivity contribution is 0.0774. The molecule has 0 aromatic rings. The Morgan fingerprint density at radius 3 is 2.00 bits per heavy atom. The summed E-state index contributed by atoms with van der Waals surface area (Å²) in [5, 5.41) is 0. The van der Waals surface area contributed by atoms with Crippen LogP contribution in [0.1, 0.15) is 27.7 Å². The highest BCUT2D eigenvalue weighted by molar-refractivity contribution is 8.67. The van der Waals surface area contributed by atoms with Crippen molar-refractivity contribution in [3.05, 3.63) is 0 Å². The molecule has 0 aliphatic carbocycles. The molecule has 0 aromatic heterocycles. The van der Waals surface area contributed by atoms with E-state index in [9.17, 15) is 0 Å². The van der Waals surface area contributed by atoms with Gasteiger partial charge >= 0.3 is 0 Å². The molecule has 0 amide bonds. The minimum Gasteiger partial charge on any atom is -0.379 e. The van der Waals surface area contributed by atoms with E-state index in [1.165, 1.54) is 0 Å². The molecule has 0 bridgehead atoms. The topological polar surface area (TPSA) is 30.9 Å². The van der Waals surface area contributed by atoms with Crippen molar-refractivity contribution in [2.75, 3.05) is 26.3 Å². The van der Waals surface area contributed by atoms with E-state index in [4.69, 9.17) is 25.6 Å². The summed E-state index contributed by atoms with van der Waals surface area (Å²) >= 11 is 7.14. The summed E-state index contributed by atoms with van der Waals surface area (Å²) in [6.07, 6.45) is 0.182. The molecule has 7 heteroatoms. The van der Waals surface area contributed by atoms with Gasteiger partial charge in [-0.1, -0.05) is 0 Å². The fourth-order valence-electron chi connectivity index (χ4n) is 1.35. The van der Waals surface area contributed by atoms with Crippen molar-refractivity contribution >= 4 is 29.1 Å². The van der Waals surface area contributed by atoms with Crippen LogP contribution in [-0.4, -0.2) is 42.8 Å². The van der Waals surface area contributed by atoms with Crippen molar-refractivity contribution in [3.63, 3.8) is 0 Å². The first-order valence-corrected chi connectivity index (χ1v) is 9.92. The van der Waals surface area contributed by atoms with Crippen LogP contribution in [0.3, 0.4) is 0 Å². The highest BCUT2D eigenvalue weighted by Crippen LogP contribution is 2.63. The van der Waals surface area contributed by atoms with E-state index in [0.29, 0.717) is 0 Å². The zero-order valence-electron chi connectivity index (χ0n) is 10.9. The first-order valence-electron chi connectivity index (χ1n) is 5.90.